The summed E-state index contributed by atoms with van der Waals surface area (Å²) in [7, 11) is 0. The molecular formula is C113H110BN5. The number of hydrogen-bond donors (Lipinski definition) is 0. The van der Waals surface area contributed by atoms with Gasteiger partial charge in [0.05, 0.1) is 45.9 Å². The van der Waals surface area contributed by atoms with Crippen LogP contribution in [0.2, 0.25) is 0 Å². The highest BCUT2D eigenvalue weighted by molar-refractivity contribution is 7.00. The van der Waals surface area contributed by atoms with Gasteiger partial charge in [-0.15, -0.1) is 0 Å². The van der Waals surface area contributed by atoms with Gasteiger partial charge in [0.1, 0.15) is 6.07 Å². The lowest BCUT2D eigenvalue weighted by Gasteiger charge is -2.46. The van der Waals surface area contributed by atoms with Crippen molar-refractivity contribution in [3.8, 4) is 73.1 Å². The number of rotatable bonds is 9. The molecule has 0 atom stereocenters. The Morgan fingerprint density at radius 1 is 0.277 bits per heavy atom. The number of para-hydroxylation sites is 2. The van der Waals surface area contributed by atoms with Crippen molar-refractivity contribution in [2.75, 3.05) is 9.80 Å². The Bertz CT molecular complexity index is 6960. The zero-order valence-electron chi connectivity index (χ0n) is 78.1. The van der Waals surface area contributed by atoms with E-state index in [-0.39, 0.29) is 50.1 Å². The van der Waals surface area contributed by atoms with Crippen LogP contribution in [-0.2, 0) is 37.9 Å². The van der Waals surface area contributed by atoms with Crippen LogP contribution in [0.4, 0.5) is 34.1 Å². The number of nitrogens with zero attached hydrogens (tertiary/aromatic N) is 5. The van der Waals surface area contributed by atoms with Crippen LogP contribution >= 0.6 is 0 Å². The van der Waals surface area contributed by atoms with Crippen LogP contribution in [0.1, 0.15) is 197 Å². The Morgan fingerprint density at radius 2 is 0.672 bits per heavy atom. The summed E-state index contributed by atoms with van der Waals surface area (Å²) in [6, 6.07) is 96.3. The monoisotopic (exact) mass is 1550 g/mol. The molecule has 2 aromatic heterocycles. The van der Waals surface area contributed by atoms with Gasteiger partial charge in [-0.25, -0.2) is 0 Å². The maximum atomic E-state index is 12.4. The maximum absolute atomic E-state index is 12.4. The Hall–Kier alpha value is -12.2. The number of aromatic nitrogens is 2. The molecule has 119 heavy (non-hydrogen) atoms. The van der Waals surface area contributed by atoms with Crippen LogP contribution in [0.25, 0.3) is 111 Å². The largest absolute Gasteiger partial charge is 0.310 e. The van der Waals surface area contributed by atoms with E-state index in [1.807, 2.05) is 24.3 Å². The molecule has 0 radical (unpaired) electrons. The molecule has 0 aliphatic carbocycles. The van der Waals surface area contributed by atoms with E-state index in [0.717, 1.165) is 145 Å². The molecule has 16 aromatic rings. The van der Waals surface area contributed by atoms with Gasteiger partial charge < -0.3 is 18.9 Å². The first-order valence-electron chi connectivity index (χ1n) is 44.9. The lowest BCUT2D eigenvalue weighted by Crippen LogP contribution is -2.61. The number of benzene rings is 14. The highest BCUT2D eigenvalue weighted by atomic mass is 15.2. The lowest BCUT2D eigenvalue weighted by molar-refractivity contribution is 0.568. The number of fused-ring (bicyclic) bond motifs is 10. The van der Waals surface area contributed by atoms with Gasteiger partial charge in [-0.1, -0.05) is 327 Å². The third kappa shape index (κ3) is 13.7. The molecule has 18 rings (SSSR count). The standard InChI is InChI=1S/C113H110BN5/c1-107(2,3)79-45-51-98-92(63-79)93-64-80(108(4,5)6)46-52-99(93)117(98)87-48-50-95-102(68-87)118(100-67-86(47-43-75(100)69-115)116-96-41-30-28-39-88(96)89-40-29-31-42-97(89)116)103-59-78(77-56-83(111(13,14)15)62-84(57-77)112(16,17)18)60-104-105(103)114(95)94-49-44-73(76-54-81(109(7,8)9)61-82(55-76)110(10,11)12)58-101(94)119(104)106-90(71-35-26-23-27-36-71)65-85(113(19,20)21)66-91(106)74-38-32-37-72(53-74)70-33-24-22-25-34-70/h22-68H,1-21H3/i22D,24D,25D,33D,34D. The lowest BCUT2D eigenvalue weighted by atomic mass is 9.33. The second-order valence-electron chi connectivity index (χ2n) is 40.7. The first kappa shape index (κ1) is 72.1. The molecule has 0 saturated heterocycles. The van der Waals surface area contributed by atoms with Crippen molar-refractivity contribution >= 4 is 101 Å². The van der Waals surface area contributed by atoms with Crippen LogP contribution < -0.4 is 26.2 Å². The van der Waals surface area contributed by atoms with Gasteiger partial charge in [0.15, 0.2) is 0 Å². The summed E-state index contributed by atoms with van der Waals surface area (Å²) < 4.78 is 50.8. The molecular weight excluding hydrogens is 1440 g/mol. The second-order valence-corrected chi connectivity index (χ2v) is 40.7. The molecule has 2 aliphatic rings. The van der Waals surface area contributed by atoms with E-state index in [2.05, 4.69) is 401 Å². The zero-order valence-corrected chi connectivity index (χ0v) is 73.1. The molecule has 6 heteroatoms. The Kier molecular flexibility index (Phi) is 17.0. The summed E-state index contributed by atoms with van der Waals surface area (Å²) in [6.07, 6.45) is 0. The van der Waals surface area contributed by atoms with E-state index in [1.54, 1.807) is 0 Å². The number of hydrogen-bond acceptors (Lipinski definition) is 3. The SMILES string of the molecule is [2H]c1c([2H])c([2H])c(-c2cccc(-c3cc(C(C)(C)C)cc(-c4ccccc4)c3N3c4cc(-c5cc(C(C)(C)C)cc(C(C)(C)C)c5)ccc4B4c5ccc(-n6c7ccc(C(C)(C)C)cc7c7cc(C(C)(C)C)ccc76)cc5N(c5cc(-n6c7ccccc7c7ccccc76)ccc5C#N)c5cc(-c6cc(C(C)(C)C)cc(C(C)(C)C)c6)cc3c54)c2)c([2H])c1[2H]. The molecule has 5 nitrogen and oxygen atoms in total. The quantitative estimate of drug-likeness (QED) is 0.135. The average molecular weight is 1550 g/mol. The smallest absolute Gasteiger partial charge is 0.252 e. The van der Waals surface area contributed by atoms with E-state index in [4.69, 9.17) is 4.11 Å². The van der Waals surface area contributed by atoms with E-state index >= 15 is 0 Å². The van der Waals surface area contributed by atoms with Gasteiger partial charge in [0, 0.05) is 66.8 Å². The van der Waals surface area contributed by atoms with Crippen molar-refractivity contribution in [2.24, 2.45) is 0 Å². The summed E-state index contributed by atoms with van der Waals surface area (Å²) in [4.78, 5) is 5.05. The highest BCUT2D eigenvalue weighted by Gasteiger charge is 2.46. The van der Waals surface area contributed by atoms with Crippen LogP contribution in [-0.4, -0.2) is 15.8 Å². The molecule has 0 bridgehead atoms. The fourth-order valence-corrected chi connectivity index (χ4v) is 18.3. The predicted octanol–water partition coefficient (Wildman–Crippen LogP) is 29.3. The molecule has 590 valence electrons. The van der Waals surface area contributed by atoms with E-state index in [1.165, 1.54) is 44.2 Å². The van der Waals surface area contributed by atoms with Crippen LogP contribution in [0.15, 0.2) is 285 Å². The number of nitriles is 1. The van der Waals surface area contributed by atoms with Gasteiger partial charge in [-0.05, 0) is 241 Å². The summed E-state index contributed by atoms with van der Waals surface area (Å²) in [5, 5.41) is 17.0. The molecule has 14 aromatic carbocycles. The van der Waals surface area contributed by atoms with Gasteiger partial charge in [0.25, 0.3) is 6.71 Å². The minimum absolute atomic E-state index is 0.127. The molecule has 0 amide bonds. The summed E-state index contributed by atoms with van der Waals surface area (Å²) in [5.74, 6) is 0. The molecule has 0 N–H and O–H groups in total. The summed E-state index contributed by atoms with van der Waals surface area (Å²) >= 11 is 0. The van der Waals surface area contributed by atoms with Crippen molar-refractivity contribution < 1.29 is 6.85 Å². The fraction of sp³-hybridized carbons (Fsp3) is 0.248. The van der Waals surface area contributed by atoms with Crippen molar-refractivity contribution in [1.82, 2.24) is 9.13 Å². The molecule has 0 saturated carbocycles. The number of anilines is 6. The maximum Gasteiger partial charge on any atom is 0.252 e. The molecule has 0 fully saturated rings. The van der Waals surface area contributed by atoms with Crippen molar-refractivity contribution in [1.29, 1.82) is 5.26 Å². The summed E-state index contributed by atoms with van der Waals surface area (Å²) in [5.41, 5.74) is 30.5. The average Bonchev–Trinajstić information content (AvgIpc) is 0.847. The topological polar surface area (TPSA) is 40.1 Å². The van der Waals surface area contributed by atoms with Crippen molar-refractivity contribution in [3.63, 3.8) is 0 Å². The Labute approximate surface area is 713 Å². The Balaban J connectivity index is 1.05. The first-order valence-corrected chi connectivity index (χ1v) is 42.4. The molecule has 2 aliphatic heterocycles. The first-order chi connectivity index (χ1) is 58.4. The minimum Gasteiger partial charge on any atom is -0.310 e. The summed E-state index contributed by atoms with van der Waals surface area (Å²) in [6.45, 7) is 47.9. The van der Waals surface area contributed by atoms with Crippen molar-refractivity contribution in [2.45, 2.75) is 183 Å². The van der Waals surface area contributed by atoms with E-state index < -0.39 is 30.3 Å². The van der Waals surface area contributed by atoms with Crippen molar-refractivity contribution in [3.05, 3.63) is 330 Å². The minimum atomic E-state index is -0.450. The van der Waals surface area contributed by atoms with Gasteiger partial charge in [-0.3, -0.25) is 0 Å². The van der Waals surface area contributed by atoms with Gasteiger partial charge in [-0.2, -0.15) is 5.26 Å². The van der Waals surface area contributed by atoms with Crippen LogP contribution in [0, 0.1) is 11.3 Å². The van der Waals surface area contributed by atoms with E-state index in [0.29, 0.717) is 11.1 Å². The third-order valence-corrected chi connectivity index (χ3v) is 25.2. The molecule has 0 spiro atoms. The Morgan fingerprint density at radius 3 is 1.18 bits per heavy atom. The van der Waals surface area contributed by atoms with Gasteiger partial charge in [0.2, 0.25) is 0 Å². The van der Waals surface area contributed by atoms with Crippen LogP contribution in [0.5, 0.6) is 0 Å². The highest BCUT2D eigenvalue weighted by Crippen LogP contribution is 2.55. The third-order valence-electron chi connectivity index (χ3n) is 25.2. The predicted molar refractivity (Wildman–Crippen MR) is 512 cm³/mol. The zero-order chi connectivity index (χ0) is 88.0. The fourth-order valence-electron chi connectivity index (χ4n) is 18.3. The van der Waals surface area contributed by atoms with Crippen LogP contribution in [0.3, 0.4) is 0 Å². The molecule has 0 unspecified atom stereocenters. The van der Waals surface area contributed by atoms with Gasteiger partial charge >= 0.3 is 0 Å². The second kappa shape index (κ2) is 28.0. The molecule has 4 heterocycles. The van der Waals surface area contributed by atoms with E-state index in [9.17, 15) is 8.00 Å². The normalized spacial score (nSPS) is 13.9.